The molecule has 0 N–H and O–H groups in total. The van der Waals surface area contributed by atoms with Gasteiger partial charge in [-0.25, -0.2) is 0 Å². The van der Waals surface area contributed by atoms with Crippen LogP contribution >= 0.6 is 0 Å². The summed E-state index contributed by atoms with van der Waals surface area (Å²) in [7, 11) is 0. The summed E-state index contributed by atoms with van der Waals surface area (Å²) < 4.78 is 0. The molecule has 0 spiro atoms. The van der Waals surface area contributed by atoms with Crippen LogP contribution in [-0.4, -0.2) is 23.9 Å². The van der Waals surface area contributed by atoms with Gasteiger partial charge in [0.05, 0.1) is 0 Å². The second kappa shape index (κ2) is 7.91. The van der Waals surface area contributed by atoms with Crippen molar-refractivity contribution >= 4 is 5.91 Å². The molecular formula is C16H25NO. The first kappa shape index (κ1) is 14.7. The molecule has 0 unspecified atom stereocenters. The molecule has 1 aliphatic heterocycles. The van der Waals surface area contributed by atoms with E-state index in [0.29, 0.717) is 0 Å². The number of nitrogens with zero attached hydrogens (tertiary/aromatic N) is 1. The first-order valence-electron chi connectivity index (χ1n) is 6.85. The predicted molar refractivity (Wildman–Crippen MR) is 77.4 cm³/mol. The summed E-state index contributed by atoms with van der Waals surface area (Å²) in [5.41, 5.74) is 2.68. The molecule has 0 bridgehead atoms. The summed E-state index contributed by atoms with van der Waals surface area (Å²) in [5, 5.41) is 0. The minimum Gasteiger partial charge on any atom is -0.339 e. The molecule has 0 aromatic carbocycles. The van der Waals surface area contributed by atoms with Crippen molar-refractivity contribution in [1.82, 2.24) is 4.90 Å². The van der Waals surface area contributed by atoms with E-state index in [-0.39, 0.29) is 5.91 Å². The van der Waals surface area contributed by atoms with Gasteiger partial charge in [0.1, 0.15) is 0 Å². The first-order chi connectivity index (χ1) is 8.59. The summed E-state index contributed by atoms with van der Waals surface area (Å²) in [5.74, 6) is 0.154. The van der Waals surface area contributed by atoms with Crippen molar-refractivity contribution in [3.63, 3.8) is 0 Å². The van der Waals surface area contributed by atoms with E-state index < -0.39 is 0 Å². The summed E-state index contributed by atoms with van der Waals surface area (Å²) in [6.07, 6.45) is 12.3. The molecule has 0 saturated carbocycles. The van der Waals surface area contributed by atoms with Crippen LogP contribution < -0.4 is 0 Å². The Morgan fingerprint density at radius 2 is 1.83 bits per heavy atom. The number of hydrogen-bond acceptors (Lipinski definition) is 1. The first-order valence-corrected chi connectivity index (χ1v) is 6.85. The van der Waals surface area contributed by atoms with Crippen LogP contribution in [0, 0.1) is 0 Å². The molecule has 1 heterocycles. The fourth-order valence-electron chi connectivity index (χ4n) is 2.01. The van der Waals surface area contributed by atoms with Crippen LogP contribution in [0.15, 0.2) is 35.5 Å². The zero-order chi connectivity index (χ0) is 13.4. The number of hydrogen-bond donors (Lipinski definition) is 0. The third kappa shape index (κ3) is 5.85. The lowest BCUT2D eigenvalue weighted by Crippen LogP contribution is -2.25. The Morgan fingerprint density at radius 1 is 1.17 bits per heavy atom. The van der Waals surface area contributed by atoms with Crippen molar-refractivity contribution in [3.05, 3.63) is 35.5 Å². The average Bonchev–Trinajstić information content (AvgIpc) is 2.81. The van der Waals surface area contributed by atoms with Crippen LogP contribution in [0.1, 0.15) is 46.5 Å². The Labute approximate surface area is 111 Å². The smallest absolute Gasteiger partial charge is 0.246 e. The molecule has 18 heavy (non-hydrogen) atoms. The van der Waals surface area contributed by atoms with Gasteiger partial charge in [-0.2, -0.15) is 0 Å². The van der Waals surface area contributed by atoms with Gasteiger partial charge >= 0.3 is 0 Å². The highest BCUT2D eigenvalue weighted by atomic mass is 16.2. The quantitative estimate of drug-likeness (QED) is 0.410. The maximum absolute atomic E-state index is 11.7. The molecule has 100 valence electrons. The van der Waals surface area contributed by atoms with Crippen LogP contribution in [0.25, 0.3) is 0 Å². The van der Waals surface area contributed by atoms with Crippen molar-refractivity contribution < 1.29 is 4.79 Å². The molecule has 1 amide bonds. The van der Waals surface area contributed by atoms with E-state index in [0.717, 1.165) is 38.8 Å². The second-order valence-electron chi connectivity index (χ2n) is 5.22. The number of amides is 1. The van der Waals surface area contributed by atoms with Gasteiger partial charge in [0.15, 0.2) is 0 Å². The van der Waals surface area contributed by atoms with Crippen LogP contribution in [0.3, 0.4) is 0 Å². The maximum Gasteiger partial charge on any atom is 0.246 e. The summed E-state index contributed by atoms with van der Waals surface area (Å²) in [4.78, 5) is 13.7. The van der Waals surface area contributed by atoms with Crippen molar-refractivity contribution in [2.24, 2.45) is 0 Å². The van der Waals surface area contributed by atoms with Gasteiger partial charge in [0, 0.05) is 19.2 Å². The monoisotopic (exact) mass is 247 g/mol. The predicted octanol–water partition coefficient (Wildman–Crippen LogP) is 3.86. The standard InChI is InChI=1S/C16H25NO/c1-14(2)8-6-9-15(3)10-7-11-16(18)17-12-4-5-13-17/h7-8,10-11H,4-6,9,12-13H2,1-3H3/b11-7+,15-10+. The summed E-state index contributed by atoms with van der Waals surface area (Å²) >= 11 is 0. The minimum absolute atomic E-state index is 0.154. The Bertz CT molecular complexity index is 353. The minimum atomic E-state index is 0.154. The van der Waals surface area contributed by atoms with E-state index in [1.807, 2.05) is 17.1 Å². The lowest BCUT2D eigenvalue weighted by atomic mass is 10.1. The summed E-state index contributed by atoms with van der Waals surface area (Å²) in [6.45, 7) is 8.20. The zero-order valence-corrected chi connectivity index (χ0v) is 11.9. The lowest BCUT2D eigenvalue weighted by Gasteiger charge is -2.11. The summed E-state index contributed by atoms with van der Waals surface area (Å²) in [6, 6.07) is 0. The van der Waals surface area contributed by atoms with Gasteiger partial charge < -0.3 is 4.90 Å². The molecule has 2 nitrogen and oxygen atoms in total. The van der Waals surface area contributed by atoms with Crippen LogP contribution in [-0.2, 0) is 4.79 Å². The number of carbonyl (C=O) groups excluding carboxylic acids is 1. The number of allylic oxidation sites excluding steroid dienone is 5. The Hall–Kier alpha value is -1.31. The largest absolute Gasteiger partial charge is 0.339 e. The van der Waals surface area contributed by atoms with Gasteiger partial charge in [-0.1, -0.05) is 29.4 Å². The highest BCUT2D eigenvalue weighted by molar-refractivity contribution is 5.88. The van der Waals surface area contributed by atoms with E-state index in [2.05, 4.69) is 26.8 Å². The SMILES string of the molecule is CC(C)=CCC/C(C)=C/C=C/C(=O)N1CCCC1. The third-order valence-electron chi connectivity index (χ3n) is 3.13. The molecule has 0 aliphatic carbocycles. The number of carbonyl (C=O) groups is 1. The molecule has 0 aromatic rings. The molecule has 0 radical (unpaired) electrons. The Balaban J connectivity index is 2.32. The molecule has 2 heteroatoms. The highest BCUT2D eigenvalue weighted by Gasteiger charge is 2.14. The molecule has 1 aliphatic rings. The molecule has 1 rings (SSSR count). The van der Waals surface area contributed by atoms with Crippen molar-refractivity contribution in [1.29, 1.82) is 0 Å². The molecule has 0 aromatic heterocycles. The van der Waals surface area contributed by atoms with Crippen LogP contribution in [0.2, 0.25) is 0 Å². The average molecular weight is 247 g/mol. The van der Waals surface area contributed by atoms with Gasteiger partial charge in [0.25, 0.3) is 0 Å². The van der Waals surface area contributed by atoms with E-state index in [9.17, 15) is 4.79 Å². The van der Waals surface area contributed by atoms with E-state index >= 15 is 0 Å². The normalized spacial score (nSPS) is 16.4. The molecular weight excluding hydrogens is 222 g/mol. The molecule has 0 atom stereocenters. The van der Waals surface area contributed by atoms with Crippen molar-refractivity contribution in [3.8, 4) is 0 Å². The van der Waals surface area contributed by atoms with Crippen LogP contribution in [0.4, 0.5) is 0 Å². The van der Waals surface area contributed by atoms with Gasteiger partial charge in [-0.05, 0) is 46.5 Å². The number of rotatable bonds is 5. The van der Waals surface area contributed by atoms with E-state index in [4.69, 9.17) is 0 Å². The Kier molecular flexibility index (Phi) is 6.48. The zero-order valence-electron chi connectivity index (χ0n) is 11.9. The number of likely N-dealkylation sites (tertiary alicyclic amines) is 1. The van der Waals surface area contributed by atoms with E-state index in [1.165, 1.54) is 11.1 Å². The lowest BCUT2D eigenvalue weighted by molar-refractivity contribution is -0.124. The van der Waals surface area contributed by atoms with Crippen LogP contribution in [0.5, 0.6) is 0 Å². The Morgan fingerprint density at radius 3 is 2.44 bits per heavy atom. The van der Waals surface area contributed by atoms with Gasteiger partial charge in [-0.3, -0.25) is 4.79 Å². The third-order valence-corrected chi connectivity index (χ3v) is 3.13. The highest BCUT2D eigenvalue weighted by Crippen LogP contribution is 2.09. The fraction of sp³-hybridized carbons (Fsp3) is 0.562. The molecule has 1 saturated heterocycles. The van der Waals surface area contributed by atoms with Crippen molar-refractivity contribution in [2.75, 3.05) is 13.1 Å². The fourth-order valence-corrected chi connectivity index (χ4v) is 2.01. The maximum atomic E-state index is 11.7. The topological polar surface area (TPSA) is 20.3 Å². The van der Waals surface area contributed by atoms with Gasteiger partial charge in [-0.15, -0.1) is 0 Å². The molecule has 1 fully saturated rings. The van der Waals surface area contributed by atoms with Crippen molar-refractivity contribution in [2.45, 2.75) is 46.5 Å². The van der Waals surface area contributed by atoms with E-state index in [1.54, 1.807) is 6.08 Å². The second-order valence-corrected chi connectivity index (χ2v) is 5.22. The van der Waals surface area contributed by atoms with Gasteiger partial charge in [0.2, 0.25) is 5.91 Å².